The van der Waals surface area contributed by atoms with Crippen LogP contribution in [0.25, 0.3) is 0 Å². The van der Waals surface area contributed by atoms with Crippen molar-refractivity contribution in [1.82, 2.24) is 4.90 Å². The van der Waals surface area contributed by atoms with E-state index in [0.717, 1.165) is 5.56 Å². The lowest BCUT2D eigenvalue weighted by Crippen LogP contribution is -2.50. The van der Waals surface area contributed by atoms with Gasteiger partial charge in [-0.15, -0.1) is 0 Å². The second-order valence-electron chi connectivity index (χ2n) is 6.63. The molecule has 1 amide bonds. The first-order chi connectivity index (χ1) is 9.70. The Morgan fingerprint density at radius 1 is 1.33 bits per heavy atom. The van der Waals surface area contributed by atoms with Crippen LogP contribution in [0.2, 0.25) is 5.02 Å². The van der Waals surface area contributed by atoms with E-state index in [2.05, 4.69) is 0 Å². The van der Waals surface area contributed by atoms with Gasteiger partial charge in [0.05, 0.1) is 0 Å². The molecule has 0 bridgehead atoms. The Labute approximate surface area is 131 Å². The third kappa shape index (κ3) is 4.11. The maximum atomic E-state index is 12.1. The van der Waals surface area contributed by atoms with E-state index < -0.39 is 11.1 Å². The number of hydrogen-bond acceptors (Lipinski definition) is 3. The fraction of sp³-hybridized carbons (Fsp3) is 0.562. The Bertz CT molecular complexity index is 517. The van der Waals surface area contributed by atoms with Crippen LogP contribution >= 0.6 is 11.6 Å². The predicted octanol–water partition coefficient (Wildman–Crippen LogP) is 3.52. The molecule has 4 nitrogen and oxygen atoms in total. The summed E-state index contributed by atoms with van der Waals surface area (Å²) in [6, 6.07) is 7.65. The van der Waals surface area contributed by atoms with Gasteiger partial charge in [0, 0.05) is 23.7 Å². The molecule has 1 aliphatic rings. The first kappa shape index (κ1) is 16.1. The van der Waals surface area contributed by atoms with Gasteiger partial charge in [-0.1, -0.05) is 23.7 Å². The van der Waals surface area contributed by atoms with Crippen LogP contribution in [0.4, 0.5) is 4.79 Å². The summed E-state index contributed by atoms with van der Waals surface area (Å²) in [5.41, 5.74) is 6.63. The van der Waals surface area contributed by atoms with E-state index in [1.165, 1.54) is 0 Å². The number of likely N-dealkylation sites (tertiary alicyclic amines) is 1. The molecule has 2 N–H and O–H groups in total. The maximum absolute atomic E-state index is 12.1. The third-order valence-electron chi connectivity index (χ3n) is 3.71. The largest absolute Gasteiger partial charge is 0.444 e. The lowest BCUT2D eigenvalue weighted by Gasteiger charge is -2.40. The summed E-state index contributed by atoms with van der Waals surface area (Å²) in [6.07, 6.45) is 1.13. The molecule has 21 heavy (non-hydrogen) atoms. The zero-order valence-corrected chi connectivity index (χ0v) is 13.6. The number of benzene rings is 1. The molecule has 2 rings (SSSR count). The van der Waals surface area contributed by atoms with Crippen LogP contribution in [-0.2, 0) is 10.3 Å². The quantitative estimate of drug-likeness (QED) is 0.863. The van der Waals surface area contributed by atoms with Crippen LogP contribution in [0.5, 0.6) is 0 Å². The summed E-state index contributed by atoms with van der Waals surface area (Å²) in [5.74, 6) is 0. The minimum absolute atomic E-state index is 0.268. The minimum atomic E-state index is -0.471. The van der Waals surface area contributed by atoms with Gasteiger partial charge in [-0.05, 0) is 51.3 Å². The second-order valence-corrected chi connectivity index (χ2v) is 7.07. The first-order valence-corrected chi connectivity index (χ1v) is 7.60. The van der Waals surface area contributed by atoms with Crippen molar-refractivity contribution in [2.45, 2.75) is 44.8 Å². The van der Waals surface area contributed by atoms with Gasteiger partial charge in [0.1, 0.15) is 5.60 Å². The van der Waals surface area contributed by atoms with Crippen molar-refractivity contribution in [3.63, 3.8) is 0 Å². The maximum Gasteiger partial charge on any atom is 0.410 e. The van der Waals surface area contributed by atoms with Gasteiger partial charge in [-0.25, -0.2) is 4.79 Å². The summed E-state index contributed by atoms with van der Waals surface area (Å²) in [7, 11) is 0. The summed E-state index contributed by atoms with van der Waals surface area (Å²) in [6.45, 7) is 6.80. The highest BCUT2D eigenvalue weighted by atomic mass is 35.5. The van der Waals surface area contributed by atoms with Crippen LogP contribution < -0.4 is 5.73 Å². The lowest BCUT2D eigenvalue weighted by molar-refractivity contribution is 0.0166. The molecule has 1 heterocycles. The van der Waals surface area contributed by atoms with E-state index in [1.807, 2.05) is 45.0 Å². The van der Waals surface area contributed by atoms with Gasteiger partial charge in [-0.3, -0.25) is 0 Å². The van der Waals surface area contributed by atoms with E-state index in [9.17, 15) is 4.79 Å². The summed E-state index contributed by atoms with van der Waals surface area (Å²) in [4.78, 5) is 13.8. The van der Waals surface area contributed by atoms with Gasteiger partial charge < -0.3 is 15.4 Å². The van der Waals surface area contributed by atoms with Crippen LogP contribution in [0.3, 0.4) is 0 Å². The molecule has 1 aliphatic heterocycles. The molecular weight excluding hydrogens is 288 g/mol. The number of carbonyl (C=O) groups excluding carboxylic acids is 1. The van der Waals surface area contributed by atoms with Crippen molar-refractivity contribution in [1.29, 1.82) is 0 Å². The van der Waals surface area contributed by atoms with Gasteiger partial charge in [0.15, 0.2) is 0 Å². The smallest absolute Gasteiger partial charge is 0.410 e. The van der Waals surface area contributed by atoms with Crippen LogP contribution in [0.1, 0.15) is 39.2 Å². The third-order valence-corrected chi connectivity index (χ3v) is 3.94. The molecule has 0 spiro atoms. The van der Waals surface area contributed by atoms with E-state index in [0.29, 0.717) is 31.0 Å². The molecule has 1 saturated heterocycles. The second kappa shape index (κ2) is 5.85. The highest BCUT2D eigenvalue weighted by Crippen LogP contribution is 2.32. The normalized spacial score (nSPS) is 18.4. The molecule has 1 aromatic rings. The molecule has 0 atom stereocenters. The average molecular weight is 311 g/mol. The van der Waals surface area contributed by atoms with Crippen molar-refractivity contribution in [3.8, 4) is 0 Å². The standard InChI is InChI=1S/C16H23ClN2O2/c1-15(2,3)21-14(20)19-9-7-16(18,8-10-19)12-5-4-6-13(17)11-12/h4-6,11H,7-10,18H2,1-3H3. The molecule has 0 aromatic heterocycles. The summed E-state index contributed by atoms with van der Waals surface area (Å²) >= 11 is 6.04. The molecule has 0 radical (unpaired) electrons. The Hall–Kier alpha value is -1.26. The zero-order valence-electron chi connectivity index (χ0n) is 12.9. The number of ether oxygens (including phenoxy) is 1. The van der Waals surface area contributed by atoms with Crippen molar-refractivity contribution in [2.24, 2.45) is 5.73 Å². The predicted molar refractivity (Wildman–Crippen MR) is 84.4 cm³/mol. The minimum Gasteiger partial charge on any atom is -0.444 e. The summed E-state index contributed by atoms with van der Waals surface area (Å²) < 4.78 is 5.40. The fourth-order valence-electron chi connectivity index (χ4n) is 2.50. The summed E-state index contributed by atoms with van der Waals surface area (Å²) in [5, 5.41) is 0.687. The number of nitrogens with zero attached hydrogens (tertiary/aromatic N) is 1. The van der Waals surface area contributed by atoms with Gasteiger partial charge in [0.2, 0.25) is 0 Å². The molecule has 1 fully saturated rings. The van der Waals surface area contributed by atoms with Crippen molar-refractivity contribution >= 4 is 17.7 Å². The van der Waals surface area contributed by atoms with Gasteiger partial charge >= 0.3 is 6.09 Å². The number of piperidine rings is 1. The van der Waals surface area contributed by atoms with Gasteiger partial charge in [0.25, 0.3) is 0 Å². The Kier molecular flexibility index (Phi) is 4.49. The SMILES string of the molecule is CC(C)(C)OC(=O)N1CCC(N)(c2cccc(Cl)c2)CC1. The number of amides is 1. The number of rotatable bonds is 1. The topological polar surface area (TPSA) is 55.6 Å². The van der Waals surface area contributed by atoms with Crippen LogP contribution in [0.15, 0.2) is 24.3 Å². The molecule has 116 valence electrons. The number of halogens is 1. The lowest BCUT2D eigenvalue weighted by atomic mass is 9.82. The van der Waals surface area contributed by atoms with E-state index in [-0.39, 0.29) is 6.09 Å². The monoisotopic (exact) mass is 310 g/mol. The fourth-order valence-corrected chi connectivity index (χ4v) is 2.69. The molecule has 0 aliphatic carbocycles. The molecule has 0 saturated carbocycles. The van der Waals surface area contributed by atoms with Crippen molar-refractivity contribution in [3.05, 3.63) is 34.9 Å². The number of hydrogen-bond donors (Lipinski definition) is 1. The Morgan fingerprint density at radius 3 is 2.48 bits per heavy atom. The van der Waals surface area contributed by atoms with Crippen molar-refractivity contribution < 1.29 is 9.53 Å². The van der Waals surface area contributed by atoms with Crippen LogP contribution in [0, 0.1) is 0 Å². The van der Waals surface area contributed by atoms with E-state index in [1.54, 1.807) is 4.90 Å². The molecule has 1 aromatic carbocycles. The first-order valence-electron chi connectivity index (χ1n) is 7.22. The molecular formula is C16H23ClN2O2. The average Bonchev–Trinajstić information content (AvgIpc) is 2.37. The zero-order chi connectivity index (χ0) is 15.7. The Balaban J connectivity index is 2.01. The van der Waals surface area contributed by atoms with Crippen molar-refractivity contribution in [2.75, 3.05) is 13.1 Å². The molecule has 0 unspecified atom stereocenters. The van der Waals surface area contributed by atoms with E-state index >= 15 is 0 Å². The number of nitrogens with two attached hydrogens (primary N) is 1. The highest BCUT2D eigenvalue weighted by molar-refractivity contribution is 6.30. The van der Waals surface area contributed by atoms with E-state index in [4.69, 9.17) is 22.1 Å². The number of carbonyl (C=O) groups is 1. The van der Waals surface area contributed by atoms with Gasteiger partial charge in [-0.2, -0.15) is 0 Å². The molecule has 5 heteroatoms. The Morgan fingerprint density at radius 2 is 1.95 bits per heavy atom. The van der Waals surface area contributed by atoms with Crippen LogP contribution in [-0.4, -0.2) is 29.7 Å². The highest BCUT2D eigenvalue weighted by Gasteiger charge is 2.35.